The van der Waals surface area contributed by atoms with Gasteiger partial charge in [-0.2, -0.15) is 0 Å². The van der Waals surface area contributed by atoms with Gasteiger partial charge in [0, 0.05) is 17.8 Å². The van der Waals surface area contributed by atoms with Gasteiger partial charge in [-0.25, -0.2) is 4.39 Å². The number of nitrogens with two attached hydrogens (primary N) is 2. The molecule has 0 heterocycles. The fourth-order valence-electron chi connectivity index (χ4n) is 2.81. The number of nitrogen functional groups attached to an aromatic ring is 1. The Morgan fingerprint density at radius 1 is 1.12 bits per heavy atom. The average molecular weight is 357 g/mol. The predicted molar refractivity (Wildman–Crippen MR) is 101 cm³/mol. The van der Waals surface area contributed by atoms with Gasteiger partial charge in [0.25, 0.3) is 0 Å². The number of benzene rings is 2. The number of nitrogens with one attached hydrogen (secondary N) is 1. The molecule has 2 rings (SSSR count). The lowest BCUT2D eigenvalue weighted by Crippen LogP contribution is -2.22. The quantitative estimate of drug-likeness (QED) is 0.498. The Morgan fingerprint density at radius 2 is 1.81 bits per heavy atom. The molecule has 1 atom stereocenters. The Bertz CT molecular complexity index is 775. The van der Waals surface area contributed by atoms with Crippen LogP contribution in [0.2, 0.25) is 0 Å². The lowest BCUT2D eigenvalue weighted by molar-refractivity contribution is -0.119. The van der Waals surface area contributed by atoms with Gasteiger partial charge in [0.2, 0.25) is 11.8 Å². The zero-order valence-electron chi connectivity index (χ0n) is 14.8. The van der Waals surface area contributed by atoms with Crippen molar-refractivity contribution in [3.8, 4) is 0 Å². The maximum atomic E-state index is 13.2. The Balaban J connectivity index is 1.83. The molecule has 0 saturated carbocycles. The van der Waals surface area contributed by atoms with Crippen LogP contribution >= 0.6 is 0 Å². The van der Waals surface area contributed by atoms with Gasteiger partial charge in [0.15, 0.2) is 0 Å². The molecule has 0 aliphatic rings. The van der Waals surface area contributed by atoms with Gasteiger partial charge < -0.3 is 16.8 Å². The molecule has 0 fully saturated rings. The maximum Gasteiger partial charge on any atom is 0.225 e. The molecular formula is C20H24FN3O2. The smallest absolute Gasteiger partial charge is 0.225 e. The first-order valence-corrected chi connectivity index (χ1v) is 8.57. The molecule has 0 bridgehead atoms. The number of amides is 2. The van der Waals surface area contributed by atoms with Crippen LogP contribution in [0.25, 0.3) is 0 Å². The fourth-order valence-corrected chi connectivity index (χ4v) is 2.81. The number of hydrogen-bond donors (Lipinski definition) is 3. The van der Waals surface area contributed by atoms with Crippen LogP contribution in [0.4, 0.5) is 15.8 Å². The van der Waals surface area contributed by atoms with Gasteiger partial charge >= 0.3 is 0 Å². The number of anilines is 2. The van der Waals surface area contributed by atoms with Crippen LogP contribution in [0.3, 0.4) is 0 Å². The van der Waals surface area contributed by atoms with Gasteiger partial charge in [0.05, 0.1) is 5.92 Å². The molecule has 2 aromatic carbocycles. The molecule has 0 aliphatic heterocycles. The van der Waals surface area contributed by atoms with Crippen LogP contribution < -0.4 is 16.8 Å². The van der Waals surface area contributed by atoms with E-state index in [0.717, 1.165) is 11.3 Å². The summed E-state index contributed by atoms with van der Waals surface area (Å²) in [5.74, 6) is -1.63. The Morgan fingerprint density at radius 3 is 2.42 bits per heavy atom. The largest absolute Gasteiger partial charge is 0.398 e. The zero-order valence-corrected chi connectivity index (χ0v) is 14.8. The SMILES string of the molecule is Cc1ccc(NC(=O)CCCCC(C(N)=O)c2ccc(F)cc2N)cc1. The van der Waals surface area contributed by atoms with E-state index >= 15 is 0 Å². The summed E-state index contributed by atoms with van der Waals surface area (Å²) in [6.07, 6.45) is 2.05. The van der Waals surface area contributed by atoms with E-state index in [1.165, 1.54) is 18.2 Å². The lowest BCUT2D eigenvalue weighted by Gasteiger charge is -2.16. The summed E-state index contributed by atoms with van der Waals surface area (Å²) in [6.45, 7) is 1.98. The zero-order chi connectivity index (χ0) is 19.1. The van der Waals surface area contributed by atoms with E-state index in [4.69, 9.17) is 11.5 Å². The highest BCUT2D eigenvalue weighted by molar-refractivity contribution is 5.90. The second kappa shape index (κ2) is 8.99. The highest BCUT2D eigenvalue weighted by Crippen LogP contribution is 2.27. The predicted octanol–water partition coefficient (Wildman–Crippen LogP) is 3.48. The van der Waals surface area contributed by atoms with Crippen molar-refractivity contribution in [2.75, 3.05) is 11.1 Å². The van der Waals surface area contributed by atoms with Crippen LogP contribution in [0.15, 0.2) is 42.5 Å². The van der Waals surface area contributed by atoms with Crippen molar-refractivity contribution in [3.05, 3.63) is 59.4 Å². The molecular weight excluding hydrogens is 333 g/mol. The topological polar surface area (TPSA) is 98.2 Å². The molecule has 2 aromatic rings. The van der Waals surface area contributed by atoms with Crippen molar-refractivity contribution < 1.29 is 14.0 Å². The minimum atomic E-state index is -0.587. The van der Waals surface area contributed by atoms with E-state index in [1.807, 2.05) is 31.2 Å². The molecule has 5 nitrogen and oxygen atoms in total. The number of carbonyl (C=O) groups excluding carboxylic acids is 2. The number of rotatable bonds is 8. The first-order chi connectivity index (χ1) is 12.4. The summed E-state index contributed by atoms with van der Waals surface area (Å²) in [4.78, 5) is 23.7. The molecule has 0 aromatic heterocycles. The number of hydrogen-bond acceptors (Lipinski definition) is 3. The van der Waals surface area contributed by atoms with Crippen molar-refractivity contribution in [1.82, 2.24) is 0 Å². The first kappa shape index (κ1) is 19.4. The number of unbranched alkanes of at least 4 members (excludes halogenated alkanes) is 1. The summed E-state index contributed by atoms with van der Waals surface area (Å²) >= 11 is 0. The first-order valence-electron chi connectivity index (χ1n) is 8.57. The maximum absolute atomic E-state index is 13.2. The molecule has 0 saturated heterocycles. The van der Waals surface area contributed by atoms with Crippen LogP contribution in [0.5, 0.6) is 0 Å². The van der Waals surface area contributed by atoms with Gasteiger partial charge in [-0.1, -0.05) is 30.2 Å². The van der Waals surface area contributed by atoms with Crippen LogP contribution in [-0.4, -0.2) is 11.8 Å². The van der Waals surface area contributed by atoms with E-state index in [1.54, 1.807) is 0 Å². The minimum absolute atomic E-state index is 0.0780. The second-order valence-corrected chi connectivity index (χ2v) is 6.39. The molecule has 2 amide bonds. The van der Waals surface area contributed by atoms with Crippen molar-refractivity contribution in [1.29, 1.82) is 0 Å². The molecule has 1 unspecified atom stereocenters. The van der Waals surface area contributed by atoms with Crippen LogP contribution in [0, 0.1) is 12.7 Å². The molecule has 6 heteroatoms. The van der Waals surface area contributed by atoms with E-state index in [-0.39, 0.29) is 11.6 Å². The highest BCUT2D eigenvalue weighted by Gasteiger charge is 2.20. The second-order valence-electron chi connectivity index (χ2n) is 6.39. The van der Waals surface area contributed by atoms with Crippen molar-refractivity contribution >= 4 is 23.2 Å². The van der Waals surface area contributed by atoms with E-state index in [9.17, 15) is 14.0 Å². The number of aryl methyl sites for hydroxylation is 1. The summed E-state index contributed by atoms with van der Waals surface area (Å²) in [5, 5.41) is 2.83. The molecule has 0 aliphatic carbocycles. The summed E-state index contributed by atoms with van der Waals surface area (Å²) in [5.41, 5.74) is 13.9. The molecule has 0 spiro atoms. The highest BCUT2D eigenvalue weighted by atomic mass is 19.1. The van der Waals surface area contributed by atoms with E-state index < -0.39 is 17.6 Å². The lowest BCUT2D eigenvalue weighted by atomic mass is 9.91. The van der Waals surface area contributed by atoms with Crippen molar-refractivity contribution in [2.24, 2.45) is 5.73 Å². The van der Waals surface area contributed by atoms with Gasteiger partial charge in [-0.3, -0.25) is 9.59 Å². The summed E-state index contributed by atoms with van der Waals surface area (Å²) < 4.78 is 13.2. The summed E-state index contributed by atoms with van der Waals surface area (Å²) in [7, 11) is 0. The molecule has 0 radical (unpaired) electrons. The van der Waals surface area contributed by atoms with E-state index in [2.05, 4.69) is 5.32 Å². The molecule has 26 heavy (non-hydrogen) atoms. The monoisotopic (exact) mass is 357 g/mol. The van der Waals surface area contributed by atoms with Crippen molar-refractivity contribution in [2.45, 2.75) is 38.5 Å². The minimum Gasteiger partial charge on any atom is -0.398 e. The standard InChI is InChI=1S/C20H24FN3O2/c1-13-6-9-15(10-7-13)24-19(25)5-3-2-4-17(20(23)26)16-11-8-14(21)12-18(16)22/h6-12,17H,2-5,22H2,1H3,(H2,23,26)(H,24,25). The third-order valence-corrected chi connectivity index (χ3v) is 4.25. The van der Waals surface area contributed by atoms with Gasteiger partial charge in [-0.05, 0) is 49.6 Å². The normalized spacial score (nSPS) is 11.8. The summed E-state index contributed by atoms with van der Waals surface area (Å²) in [6, 6.07) is 11.5. The van der Waals surface area contributed by atoms with E-state index in [0.29, 0.717) is 31.2 Å². The van der Waals surface area contributed by atoms with Crippen molar-refractivity contribution in [3.63, 3.8) is 0 Å². The third-order valence-electron chi connectivity index (χ3n) is 4.25. The third kappa shape index (κ3) is 5.58. The number of primary amides is 1. The van der Waals surface area contributed by atoms with Crippen LogP contribution in [-0.2, 0) is 9.59 Å². The Kier molecular flexibility index (Phi) is 6.72. The Labute approximate surface area is 152 Å². The number of carbonyl (C=O) groups is 2. The Hall–Kier alpha value is -2.89. The molecule has 5 N–H and O–H groups in total. The van der Waals surface area contributed by atoms with Crippen LogP contribution in [0.1, 0.15) is 42.7 Å². The van der Waals surface area contributed by atoms with Gasteiger partial charge in [0.1, 0.15) is 5.82 Å². The fraction of sp³-hybridized carbons (Fsp3) is 0.300. The average Bonchev–Trinajstić information content (AvgIpc) is 2.58. The molecule has 138 valence electrons. The number of halogens is 1. The van der Waals surface area contributed by atoms with Gasteiger partial charge in [-0.15, -0.1) is 0 Å².